The molecule has 0 atom stereocenters. The van der Waals surface area contributed by atoms with Gasteiger partial charge in [-0.15, -0.1) is 3.89 Å². The van der Waals surface area contributed by atoms with Crippen molar-refractivity contribution in [2.24, 2.45) is 5.11 Å². The topological polar surface area (TPSA) is 116 Å². The molecule has 0 bridgehead atoms. The maximum atomic E-state index is 13.7. The average Bonchev–Trinajstić information content (AvgIpc) is 2.59. The molecular weight excluding hydrogens is 401 g/mol. The first-order chi connectivity index (χ1) is 13.3. The van der Waals surface area contributed by atoms with E-state index < -0.39 is 20.7 Å². The van der Waals surface area contributed by atoms with Crippen molar-refractivity contribution < 1.29 is 21.8 Å². The Balaban J connectivity index is 2.20. The van der Waals surface area contributed by atoms with Gasteiger partial charge in [0.2, 0.25) is 0 Å². The third-order valence-electron chi connectivity index (χ3n) is 4.69. The van der Waals surface area contributed by atoms with Crippen molar-refractivity contribution in [2.75, 3.05) is 26.2 Å². The molecule has 29 heavy (non-hydrogen) atoms. The molecule has 0 aliphatic carbocycles. The van der Waals surface area contributed by atoms with Crippen molar-refractivity contribution in [1.29, 1.82) is 0 Å². The molecular formula is C18H26FN5O4S. The van der Waals surface area contributed by atoms with Crippen molar-refractivity contribution >= 4 is 22.0 Å². The van der Waals surface area contributed by atoms with Gasteiger partial charge >= 0.3 is 16.3 Å². The van der Waals surface area contributed by atoms with E-state index in [-0.39, 0.29) is 17.3 Å². The Morgan fingerprint density at radius 1 is 1.24 bits per heavy atom. The van der Waals surface area contributed by atoms with E-state index in [1.54, 1.807) is 32.6 Å². The highest BCUT2D eigenvalue weighted by molar-refractivity contribution is 7.86. The Bertz CT molecular complexity index is 944. The number of halogens is 1. The number of ether oxygens (including phenoxy) is 1. The molecule has 1 amide bonds. The smallest absolute Gasteiger partial charge is 0.410 e. The van der Waals surface area contributed by atoms with Gasteiger partial charge in [-0.3, -0.25) is 4.90 Å². The minimum atomic E-state index is -4.96. The van der Waals surface area contributed by atoms with Crippen LogP contribution in [0.4, 0.5) is 14.4 Å². The number of hydrogen-bond acceptors (Lipinski definition) is 6. The zero-order chi connectivity index (χ0) is 22.0. The fourth-order valence-corrected chi connectivity index (χ4v) is 3.94. The van der Waals surface area contributed by atoms with Crippen LogP contribution in [0.5, 0.6) is 0 Å². The number of carbonyl (C=O) groups excluding carboxylic acids is 1. The maximum absolute atomic E-state index is 13.7. The number of hydrogen-bond donors (Lipinski definition) is 0. The van der Waals surface area contributed by atoms with Gasteiger partial charge in [0.1, 0.15) is 10.5 Å². The van der Waals surface area contributed by atoms with Crippen molar-refractivity contribution in [3.63, 3.8) is 0 Å². The summed E-state index contributed by atoms with van der Waals surface area (Å²) in [5.74, 6) is 0. The molecule has 1 aromatic carbocycles. The van der Waals surface area contributed by atoms with Gasteiger partial charge in [0, 0.05) is 43.3 Å². The molecule has 1 aliphatic rings. The summed E-state index contributed by atoms with van der Waals surface area (Å²) in [6, 6.07) is 1.29. The lowest BCUT2D eigenvalue weighted by Gasteiger charge is -2.36. The highest BCUT2D eigenvalue weighted by Gasteiger charge is 2.27. The van der Waals surface area contributed by atoms with Crippen LogP contribution < -0.4 is 0 Å². The second-order valence-electron chi connectivity index (χ2n) is 8.00. The van der Waals surface area contributed by atoms with Crippen LogP contribution in [0.15, 0.2) is 16.1 Å². The highest BCUT2D eigenvalue weighted by atomic mass is 32.3. The largest absolute Gasteiger partial charge is 0.444 e. The molecule has 0 unspecified atom stereocenters. The van der Waals surface area contributed by atoms with E-state index in [1.165, 1.54) is 13.0 Å². The summed E-state index contributed by atoms with van der Waals surface area (Å²) >= 11 is 0. The second kappa shape index (κ2) is 8.56. The van der Waals surface area contributed by atoms with E-state index in [2.05, 4.69) is 10.0 Å². The third-order valence-corrected chi connectivity index (χ3v) is 5.64. The van der Waals surface area contributed by atoms with Crippen LogP contribution in [-0.2, 0) is 21.5 Å². The predicted octanol–water partition coefficient (Wildman–Crippen LogP) is 3.96. The van der Waals surface area contributed by atoms with E-state index in [9.17, 15) is 17.1 Å². The van der Waals surface area contributed by atoms with Crippen LogP contribution in [0.3, 0.4) is 0 Å². The fourth-order valence-electron chi connectivity index (χ4n) is 3.19. The van der Waals surface area contributed by atoms with Gasteiger partial charge < -0.3 is 9.64 Å². The first kappa shape index (κ1) is 22.9. The lowest BCUT2D eigenvalue weighted by molar-refractivity contribution is 0.0139. The molecule has 2 rings (SSSR count). The van der Waals surface area contributed by atoms with E-state index in [0.29, 0.717) is 43.9 Å². The minimum Gasteiger partial charge on any atom is -0.444 e. The van der Waals surface area contributed by atoms with Crippen molar-refractivity contribution in [3.8, 4) is 0 Å². The lowest BCUT2D eigenvalue weighted by Crippen LogP contribution is -2.49. The van der Waals surface area contributed by atoms with Gasteiger partial charge in [0.25, 0.3) is 0 Å². The first-order valence-corrected chi connectivity index (χ1v) is 10.5. The zero-order valence-electron chi connectivity index (χ0n) is 17.3. The number of benzene rings is 1. The third kappa shape index (κ3) is 5.81. The van der Waals surface area contributed by atoms with Crippen LogP contribution in [0.1, 0.15) is 37.5 Å². The summed E-state index contributed by atoms with van der Waals surface area (Å²) in [4.78, 5) is 18.1. The zero-order valence-corrected chi connectivity index (χ0v) is 18.1. The van der Waals surface area contributed by atoms with Gasteiger partial charge in [0.05, 0.1) is 0 Å². The molecule has 1 aliphatic heterocycles. The van der Waals surface area contributed by atoms with Crippen LogP contribution in [0.2, 0.25) is 0 Å². The standard InChI is InChI=1S/C18H26FN5O4S/c1-12-14(10-15(29(19,26)27)13(2)16(12)21-22-20)11-23-6-8-24(9-7-23)17(25)28-18(3,4)5/h10H,6-9,11H2,1-5H3. The number of rotatable bonds is 4. The first-order valence-electron chi connectivity index (χ1n) is 9.16. The summed E-state index contributed by atoms with van der Waals surface area (Å²) < 4.78 is 42.2. The molecule has 0 saturated carbocycles. The lowest BCUT2D eigenvalue weighted by atomic mass is 10.0. The number of nitrogens with zero attached hydrogens (tertiary/aromatic N) is 5. The van der Waals surface area contributed by atoms with E-state index >= 15 is 0 Å². The van der Waals surface area contributed by atoms with Crippen molar-refractivity contribution in [1.82, 2.24) is 9.80 Å². The molecule has 1 aromatic rings. The molecule has 1 saturated heterocycles. The Labute approximate surface area is 170 Å². The second-order valence-corrected chi connectivity index (χ2v) is 9.32. The Kier molecular flexibility index (Phi) is 6.77. The van der Waals surface area contributed by atoms with Gasteiger partial charge in [-0.1, -0.05) is 5.11 Å². The molecule has 11 heteroatoms. The quantitative estimate of drug-likeness (QED) is 0.312. The number of amides is 1. The summed E-state index contributed by atoms with van der Waals surface area (Å²) in [5.41, 5.74) is 9.58. The molecule has 0 N–H and O–H groups in total. The number of azide groups is 1. The van der Waals surface area contributed by atoms with E-state index in [4.69, 9.17) is 10.3 Å². The van der Waals surface area contributed by atoms with Gasteiger partial charge in [-0.2, -0.15) is 8.42 Å². The predicted molar refractivity (Wildman–Crippen MR) is 106 cm³/mol. The molecule has 0 spiro atoms. The Hall–Kier alpha value is -2.36. The van der Waals surface area contributed by atoms with Crippen molar-refractivity contribution in [3.05, 3.63) is 33.2 Å². The SMILES string of the molecule is Cc1c(CN2CCN(C(=O)OC(C)(C)C)CC2)cc(S(=O)(=O)F)c(C)c1N=[N+]=[N-]. The molecule has 9 nitrogen and oxygen atoms in total. The van der Waals surface area contributed by atoms with Gasteiger partial charge in [0.15, 0.2) is 0 Å². The molecule has 160 valence electrons. The number of piperazine rings is 1. The normalized spacial score (nSPS) is 15.7. The summed E-state index contributed by atoms with van der Waals surface area (Å²) in [6.45, 7) is 10.9. The van der Waals surface area contributed by atoms with Gasteiger partial charge in [-0.25, -0.2) is 4.79 Å². The summed E-state index contributed by atoms with van der Waals surface area (Å²) in [5, 5.41) is 3.56. The maximum Gasteiger partial charge on any atom is 0.410 e. The monoisotopic (exact) mass is 427 g/mol. The Morgan fingerprint density at radius 2 is 1.83 bits per heavy atom. The molecule has 1 heterocycles. The van der Waals surface area contributed by atoms with E-state index in [0.717, 1.165) is 0 Å². The summed E-state index contributed by atoms with van der Waals surface area (Å²) in [7, 11) is -4.96. The average molecular weight is 428 g/mol. The van der Waals surface area contributed by atoms with Crippen molar-refractivity contribution in [2.45, 2.75) is 51.7 Å². The Morgan fingerprint density at radius 3 is 2.31 bits per heavy atom. The van der Waals surface area contributed by atoms with Crippen LogP contribution in [0, 0.1) is 13.8 Å². The molecule has 0 aromatic heterocycles. The van der Waals surface area contributed by atoms with E-state index in [1.807, 2.05) is 4.90 Å². The van der Waals surface area contributed by atoms with Crippen LogP contribution in [-0.4, -0.2) is 56.1 Å². The van der Waals surface area contributed by atoms with Gasteiger partial charge in [-0.05, 0) is 62.9 Å². The fraction of sp³-hybridized carbons (Fsp3) is 0.611. The minimum absolute atomic E-state index is 0.0845. The number of carbonyl (C=O) groups is 1. The van der Waals surface area contributed by atoms with Crippen LogP contribution in [0.25, 0.3) is 10.4 Å². The summed E-state index contributed by atoms with van der Waals surface area (Å²) in [6.07, 6.45) is -0.375. The molecule has 1 fully saturated rings. The van der Waals surface area contributed by atoms with Crippen LogP contribution >= 0.6 is 0 Å². The highest BCUT2D eigenvalue weighted by Crippen LogP contribution is 2.34. The molecule has 0 radical (unpaired) electrons.